The molecule has 14 heavy (non-hydrogen) atoms. The van der Waals surface area contributed by atoms with Crippen molar-refractivity contribution in [3.63, 3.8) is 0 Å². The molecule has 1 N–H and O–H groups in total. The van der Waals surface area contributed by atoms with Crippen molar-refractivity contribution in [3.8, 4) is 0 Å². The Hall–Kier alpha value is -1.69. The Labute approximate surface area is 80.8 Å². The summed E-state index contributed by atoms with van der Waals surface area (Å²) < 4.78 is 3.28. The van der Waals surface area contributed by atoms with Crippen molar-refractivity contribution in [3.05, 3.63) is 30.4 Å². The Morgan fingerprint density at radius 3 is 2.57 bits per heavy atom. The summed E-state index contributed by atoms with van der Waals surface area (Å²) in [6.07, 6.45) is 3.98. The van der Waals surface area contributed by atoms with Crippen molar-refractivity contribution in [1.82, 2.24) is 24.3 Å². The number of aliphatic hydroxyl groups is 1. The van der Waals surface area contributed by atoms with E-state index in [4.69, 9.17) is 0 Å². The topological polar surface area (TPSA) is 68.8 Å². The summed E-state index contributed by atoms with van der Waals surface area (Å²) >= 11 is 0. The number of aliphatic hydroxyl groups excluding tert-OH is 1. The highest BCUT2D eigenvalue weighted by Gasteiger charge is 2.19. The van der Waals surface area contributed by atoms with E-state index in [0.29, 0.717) is 11.6 Å². The first-order chi connectivity index (χ1) is 6.70. The maximum Gasteiger partial charge on any atom is 0.171 e. The van der Waals surface area contributed by atoms with E-state index in [1.165, 1.54) is 11.0 Å². The Bertz CT molecular complexity index is 392. The van der Waals surface area contributed by atoms with Crippen LogP contribution in [0.3, 0.4) is 0 Å². The smallest absolute Gasteiger partial charge is 0.171 e. The molecule has 0 bridgehead atoms. The van der Waals surface area contributed by atoms with Gasteiger partial charge in [0.2, 0.25) is 0 Å². The molecule has 74 valence electrons. The molecule has 2 rings (SSSR count). The molecule has 0 radical (unpaired) electrons. The maximum atomic E-state index is 9.92. The van der Waals surface area contributed by atoms with Crippen LogP contribution >= 0.6 is 0 Å². The lowest BCUT2D eigenvalue weighted by Crippen LogP contribution is -2.12. The fourth-order valence-corrected chi connectivity index (χ4v) is 1.31. The van der Waals surface area contributed by atoms with Crippen LogP contribution in [-0.4, -0.2) is 29.4 Å². The predicted molar refractivity (Wildman–Crippen MR) is 48.3 cm³/mol. The first-order valence-corrected chi connectivity index (χ1v) is 4.19. The van der Waals surface area contributed by atoms with E-state index < -0.39 is 6.10 Å². The SMILES string of the molecule is Cn1ccnc1C(O)c1ncnn1C. The van der Waals surface area contributed by atoms with Gasteiger partial charge in [-0.1, -0.05) is 0 Å². The molecule has 0 saturated carbocycles. The first-order valence-electron chi connectivity index (χ1n) is 4.19. The standard InChI is InChI=1S/C8H11N5O/c1-12-4-3-9-7(12)6(14)8-10-5-11-13(8)2/h3-6,14H,1-2H3. The van der Waals surface area contributed by atoms with Crippen molar-refractivity contribution < 1.29 is 5.11 Å². The molecule has 0 aromatic carbocycles. The van der Waals surface area contributed by atoms with Gasteiger partial charge in [-0.2, -0.15) is 5.10 Å². The van der Waals surface area contributed by atoms with Crippen LogP contribution in [0.4, 0.5) is 0 Å². The summed E-state index contributed by atoms with van der Waals surface area (Å²) in [4.78, 5) is 8.01. The number of hydrogen-bond acceptors (Lipinski definition) is 4. The summed E-state index contributed by atoms with van der Waals surface area (Å²) in [5, 5.41) is 13.8. The second kappa shape index (κ2) is 3.22. The lowest BCUT2D eigenvalue weighted by molar-refractivity contribution is 0.191. The minimum Gasteiger partial charge on any atom is -0.377 e. The summed E-state index contributed by atoms with van der Waals surface area (Å²) in [6, 6.07) is 0. The lowest BCUT2D eigenvalue weighted by atomic mass is 10.3. The summed E-state index contributed by atoms with van der Waals surface area (Å²) in [7, 11) is 3.55. The molecule has 0 aliphatic heterocycles. The highest BCUT2D eigenvalue weighted by Crippen LogP contribution is 2.16. The summed E-state index contributed by atoms with van der Waals surface area (Å²) in [5.41, 5.74) is 0. The van der Waals surface area contributed by atoms with Crippen LogP contribution in [0.2, 0.25) is 0 Å². The van der Waals surface area contributed by atoms with Gasteiger partial charge in [-0.25, -0.2) is 9.97 Å². The molecule has 2 heterocycles. The van der Waals surface area contributed by atoms with Crippen LogP contribution in [0.5, 0.6) is 0 Å². The molecule has 1 atom stereocenters. The fraction of sp³-hybridized carbons (Fsp3) is 0.375. The monoisotopic (exact) mass is 193 g/mol. The van der Waals surface area contributed by atoms with Gasteiger partial charge < -0.3 is 9.67 Å². The van der Waals surface area contributed by atoms with Gasteiger partial charge in [0.1, 0.15) is 12.2 Å². The molecule has 6 heteroatoms. The molecular formula is C8H11N5O. The van der Waals surface area contributed by atoms with Gasteiger partial charge >= 0.3 is 0 Å². The van der Waals surface area contributed by atoms with E-state index in [0.717, 1.165) is 0 Å². The second-order valence-electron chi connectivity index (χ2n) is 3.04. The van der Waals surface area contributed by atoms with Gasteiger partial charge in [0.15, 0.2) is 11.9 Å². The van der Waals surface area contributed by atoms with Crippen molar-refractivity contribution in [1.29, 1.82) is 0 Å². The molecule has 2 aromatic rings. The molecule has 1 unspecified atom stereocenters. The van der Waals surface area contributed by atoms with Crippen LogP contribution in [0.1, 0.15) is 17.8 Å². The van der Waals surface area contributed by atoms with Gasteiger partial charge in [-0.05, 0) is 0 Å². The highest BCUT2D eigenvalue weighted by atomic mass is 16.3. The quantitative estimate of drug-likeness (QED) is 0.706. The molecule has 0 amide bonds. The minimum absolute atomic E-state index is 0.485. The van der Waals surface area contributed by atoms with E-state index in [1.807, 2.05) is 7.05 Å². The highest BCUT2D eigenvalue weighted by molar-refractivity contribution is 5.07. The summed E-state index contributed by atoms with van der Waals surface area (Å²) in [6.45, 7) is 0. The number of imidazole rings is 1. The van der Waals surface area contributed by atoms with Gasteiger partial charge in [0.05, 0.1) is 0 Å². The van der Waals surface area contributed by atoms with E-state index in [1.54, 1.807) is 24.0 Å². The third-order valence-electron chi connectivity index (χ3n) is 2.09. The fourth-order valence-electron chi connectivity index (χ4n) is 1.31. The van der Waals surface area contributed by atoms with Crippen LogP contribution < -0.4 is 0 Å². The van der Waals surface area contributed by atoms with Crippen molar-refractivity contribution in [2.45, 2.75) is 6.10 Å². The van der Waals surface area contributed by atoms with Crippen LogP contribution in [-0.2, 0) is 14.1 Å². The molecule has 0 saturated heterocycles. The van der Waals surface area contributed by atoms with Crippen LogP contribution in [0.15, 0.2) is 18.7 Å². The van der Waals surface area contributed by atoms with E-state index in [-0.39, 0.29) is 0 Å². The zero-order valence-corrected chi connectivity index (χ0v) is 7.99. The zero-order chi connectivity index (χ0) is 10.1. The Morgan fingerprint density at radius 1 is 1.29 bits per heavy atom. The molecule has 0 fully saturated rings. The molecule has 2 aromatic heterocycles. The third-order valence-corrected chi connectivity index (χ3v) is 2.09. The normalized spacial score (nSPS) is 13.1. The van der Waals surface area contributed by atoms with Gasteiger partial charge in [0.25, 0.3) is 0 Å². The van der Waals surface area contributed by atoms with Gasteiger partial charge in [0, 0.05) is 26.5 Å². The number of nitrogens with zero attached hydrogens (tertiary/aromatic N) is 5. The zero-order valence-electron chi connectivity index (χ0n) is 7.99. The van der Waals surface area contributed by atoms with Gasteiger partial charge in [-0.15, -0.1) is 0 Å². The number of aromatic nitrogens is 5. The van der Waals surface area contributed by atoms with Crippen LogP contribution in [0.25, 0.3) is 0 Å². The van der Waals surface area contributed by atoms with Gasteiger partial charge in [-0.3, -0.25) is 4.68 Å². The van der Waals surface area contributed by atoms with E-state index in [9.17, 15) is 5.11 Å². The lowest BCUT2D eigenvalue weighted by Gasteiger charge is -2.08. The number of aryl methyl sites for hydroxylation is 2. The number of rotatable bonds is 2. The van der Waals surface area contributed by atoms with Crippen molar-refractivity contribution in [2.75, 3.05) is 0 Å². The van der Waals surface area contributed by atoms with E-state index in [2.05, 4.69) is 15.1 Å². The minimum atomic E-state index is -0.831. The Morgan fingerprint density at radius 2 is 2.07 bits per heavy atom. The largest absolute Gasteiger partial charge is 0.377 e. The molecule has 0 aliphatic carbocycles. The molecular weight excluding hydrogens is 182 g/mol. The molecule has 0 spiro atoms. The second-order valence-corrected chi connectivity index (χ2v) is 3.04. The van der Waals surface area contributed by atoms with Crippen molar-refractivity contribution >= 4 is 0 Å². The molecule has 6 nitrogen and oxygen atoms in total. The summed E-state index contributed by atoms with van der Waals surface area (Å²) in [5.74, 6) is 1.04. The molecule has 0 aliphatic rings. The maximum absolute atomic E-state index is 9.92. The van der Waals surface area contributed by atoms with Crippen LogP contribution in [0, 0.1) is 0 Å². The predicted octanol–water partition coefficient (Wildman–Crippen LogP) is -0.370. The van der Waals surface area contributed by atoms with Crippen molar-refractivity contribution in [2.24, 2.45) is 14.1 Å². The van der Waals surface area contributed by atoms with E-state index >= 15 is 0 Å². The average molecular weight is 193 g/mol. The third kappa shape index (κ3) is 1.29. The average Bonchev–Trinajstić information content (AvgIpc) is 2.73. The number of hydrogen-bond donors (Lipinski definition) is 1. The Balaban J connectivity index is 2.38. The first kappa shape index (κ1) is 8.89. The Kier molecular flexibility index (Phi) is 2.05.